The molecule has 2 aliphatic heterocycles. The van der Waals surface area contributed by atoms with Gasteiger partial charge in [-0.05, 0) is 62.0 Å². The minimum Gasteiger partial charge on any atom is -0.317 e. The molecule has 104 valence electrons. The first-order valence-electron chi connectivity index (χ1n) is 7.04. The van der Waals surface area contributed by atoms with E-state index >= 15 is 0 Å². The average Bonchev–Trinajstić information content (AvgIpc) is 2.77. The molecule has 0 atom stereocenters. The fourth-order valence-corrected chi connectivity index (χ4v) is 3.65. The summed E-state index contributed by atoms with van der Waals surface area (Å²) in [6, 6.07) is 4.72. The van der Waals surface area contributed by atoms with Crippen LogP contribution in [0.2, 0.25) is 5.02 Å². The van der Waals surface area contributed by atoms with Crippen molar-refractivity contribution >= 4 is 11.6 Å². The van der Waals surface area contributed by atoms with Crippen molar-refractivity contribution in [2.24, 2.45) is 5.41 Å². The van der Waals surface area contributed by atoms with Crippen molar-refractivity contribution < 1.29 is 4.39 Å². The van der Waals surface area contributed by atoms with E-state index in [4.69, 9.17) is 11.6 Å². The van der Waals surface area contributed by atoms with E-state index in [1.165, 1.54) is 31.4 Å². The third-order valence-corrected chi connectivity index (χ3v) is 4.94. The number of rotatable bonds is 2. The molecule has 2 saturated heterocycles. The number of nitrogens with zero attached hydrogens (tertiary/aromatic N) is 1. The van der Waals surface area contributed by atoms with E-state index < -0.39 is 0 Å². The van der Waals surface area contributed by atoms with E-state index in [0.717, 1.165) is 38.3 Å². The predicted molar refractivity (Wildman–Crippen MR) is 75.8 cm³/mol. The maximum absolute atomic E-state index is 13.0. The van der Waals surface area contributed by atoms with Gasteiger partial charge >= 0.3 is 0 Å². The minimum atomic E-state index is -0.259. The molecule has 3 rings (SSSR count). The molecule has 2 nitrogen and oxygen atoms in total. The van der Waals surface area contributed by atoms with Crippen LogP contribution in [0.3, 0.4) is 0 Å². The standard InChI is InChI=1S/C15H20ClFN2/c16-14-9-13(17)2-1-12(14)10-19-8-5-15(11-19)3-6-18-7-4-15/h1-2,9,18H,3-8,10-11H2. The molecule has 0 radical (unpaired) electrons. The lowest BCUT2D eigenvalue weighted by atomic mass is 9.78. The fraction of sp³-hybridized carbons (Fsp3) is 0.600. The second kappa shape index (κ2) is 5.39. The van der Waals surface area contributed by atoms with E-state index in [1.54, 1.807) is 0 Å². The second-order valence-electron chi connectivity index (χ2n) is 5.95. The van der Waals surface area contributed by atoms with Gasteiger partial charge in [-0.25, -0.2) is 4.39 Å². The summed E-state index contributed by atoms with van der Waals surface area (Å²) in [7, 11) is 0. The van der Waals surface area contributed by atoms with Gasteiger partial charge in [-0.15, -0.1) is 0 Å². The van der Waals surface area contributed by atoms with Crippen LogP contribution >= 0.6 is 11.6 Å². The number of nitrogens with one attached hydrogen (secondary N) is 1. The van der Waals surface area contributed by atoms with E-state index in [0.29, 0.717) is 10.4 Å². The smallest absolute Gasteiger partial charge is 0.124 e. The highest BCUT2D eigenvalue weighted by atomic mass is 35.5. The van der Waals surface area contributed by atoms with Crippen LogP contribution in [0.4, 0.5) is 4.39 Å². The van der Waals surface area contributed by atoms with Crippen LogP contribution in [0.1, 0.15) is 24.8 Å². The van der Waals surface area contributed by atoms with Gasteiger partial charge in [0.05, 0.1) is 0 Å². The minimum absolute atomic E-state index is 0.259. The maximum atomic E-state index is 13.0. The summed E-state index contributed by atoms with van der Waals surface area (Å²) in [6.45, 7) is 5.42. The van der Waals surface area contributed by atoms with Crippen LogP contribution in [-0.4, -0.2) is 31.1 Å². The SMILES string of the molecule is Fc1ccc(CN2CCC3(CCNCC3)C2)c(Cl)c1. The zero-order chi connectivity index (χ0) is 13.3. The van der Waals surface area contributed by atoms with Crippen LogP contribution < -0.4 is 5.32 Å². The molecule has 0 aromatic heterocycles. The van der Waals surface area contributed by atoms with Gasteiger partial charge in [0.25, 0.3) is 0 Å². The van der Waals surface area contributed by atoms with E-state index in [9.17, 15) is 4.39 Å². The first kappa shape index (κ1) is 13.3. The summed E-state index contributed by atoms with van der Waals surface area (Å²) in [4.78, 5) is 2.46. The van der Waals surface area contributed by atoms with Crippen molar-refractivity contribution in [3.05, 3.63) is 34.6 Å². The molecule has 0 aliphatic carbocycles. The molecule has 4 heteroatoms. The van der Waals surface area contributed by atoms with Gasteiger partial charge in [0.15, 0.2) is 0 Å². The second-order valence-corrected chi connectivity index (χ2v) is 6.35. The van der Waals surface area contributed by atoms with Crippen molar-refractivity contribution in [3.63, 3.8) is 0 Å². The summed E-state index contributed by atoms with van der Waals surface area (Å²) < 4.78 is 13.0. The molecular weight excluding hydrogens is 263 g/mol. The van der Waals surface area contributed by atoms with E-state index in [-0.39, 0.29) is 5.82 Å². The molecule has 0 amide bonds. The first-order valence-corrected chi connectivity index (χ1v) is 7.42. The van der Waals surface area contributed by atoms with Gasteiger partial charge in [-0.1, -0.05) is 17.7 Å². The predicted octanol–water partition coefficient (Wildman–Crippen LogP) is 3.05. The Morgan fingerprint density at radius 1 is 1.26 bits per heavy atom. The molecule has 1 aromatic carbocycles. The van der Waals surface area contributed by atoms with Crippen molar-refractivity contribution in [2.75, 3.05) is 26.2 Å². The van der Waals surface area contributed by atoms with Crippen molar-refractivity contribution in [1.82, 2.24) is 10.2 Å². The maximum Gasteiger partial charge on any atom is 0.124 e. The molecule has 1 N–H and O–H groups in total. The third kappa shape index (κ3) is 2.93. The molecule has 2 heterocycles. The molecule has 2 aliphatic rings. The quantitative estimate of drug-likeness (QED) is 0.897. The van der Waals surface area contributed by atoms with Crippen LogP contribution in [-0.2, 0) is 6.54 Å². The van der Waals surface area contributed by atoms with E-state index in [1.807, 2.05) is 6.07 Å². The highest BCUT2D eigenvalue weighted by molar-refractivity contribution is 6.31. The monoisotopic (exact) mass is 282 g/mol. The lowest BCUT2D eigenvalue weighted by Crippen LogP contribution is -2.38. The molecule has 19 heavy (non-hydrogen) atoms. The third-order valence-electron chi connectivity index (χ3n) is 4.59. The van der Waals surface area contributed by atoms with Gasteiger partial charge in [0.1, 0.15) is 5.82 Å². The number of halogens is 2. The average molecular weight is 283 g/mol. The summed E-state index contributed by atoms with van der Waals surface area (Å²) >= 11 is 6.11. The Balaban J connectivity index is 1.65. The Morgan fingerprint density at radius 3 is 2.79 bits per heavy atom. The molecule has 1 aromatic rings. The lowest BCUT2D eigenvalue weighted by molar-refractivity contribution is 0.194. The van der Waals surface area contributed by atoms with Gasteiger partial charge in [-0.2, -0.15) is 0 Å². The molecule has 1 spiro atoms. The summed E-state index contributed by atoms with van der Waals surface area (Å²) in [5.41, 5.74) is 1.55. The first-order chi connectivity index (χ1) is 9.17. The largest absolute Gasteiger partial charge is 0.317 e. The summed E-state index contributed by atoms with van der Waals surface area (Å²) in [5, 5.41) is 3.98. The lowest BCUT2D eigenvalue weighted by Gasteiger charge is -2.34. The number of hydrogen-bond donors (Lipinski definition) is 1. The summed E-state index contributed by atoms with van der Waals surface area (Å²) in [5.74, 6) is -0.259. The number of benzene rings is 1. The Morgan fingerprint density at radius 2 is 2.05 bits per heavy atom. The molecule has 0 saturated carbocycles. The molecule has 0 unspecified atom stereocenters. The highest BCUT2D eigenvalue weighted by Crippen LogP contribution is 2.39. The van der Waals surface area contributed by atoms with Gasteiger partial charge in [0, 0.05) is 18.1 Å². The van der Waals surface area contributed by atoms with Crippen LogP contribution in [0, 0.1) is 11.2 Å². The molecule has 0 bridgehead atoms. The zero-order valence-electron chi connectivity index (χ0n) is 11.1. The number of hydrogen-bond acceptors (Lipinski definition) is 2. The van der Waals surface area contributed by atoms with Crippen LogP contribution in [0.25, 0.3) is 0 Å². The fourth-order valence-electron chi connectivity index (χ4n) is 3.42. The van der Waals surface area contributed by atoms with Gasteiger partial charge in [0.2, 0.25) is 0 Å². The molecule has 2 fully saturated rings. The number of piperidine rings is 1. The van der Waals surface area contributed by atoms with Gasteiger partial charge < -0.3 is 5.32 Å². The zero-order valence-corrected chi connectivity index (χ0v) is 11.8. The Bertz CT molecular complexity index is 457. The van der Waals surface area contributed by atoms with Crippen LogP contribution in [0.15, 0.2) is 18.2 Å². The Kier molecular flexibility index (Phi) is 3.79. The Hall–Kier alpha value is -0.640. The van der Waals surface area contributed by atoms with Crippen molar-refractivity contribution in [1.29, 1.82) is 0 Å². The molecular formula is C15H20ClFN2. The summed E-state index contributed by atoms with van der Waals surface area (Å²) in [6.07, 6.45) is 3.84. The Labute approximate surface area is 118 Å². The topological polar surface area (TPSA) is 15.3 Å². The number of likely N-dealkylation sites (tertiary alicyclic amines) is 1. The van der Waals surface area contributed by atoms with Crippen molar-refractivity contribution in [3.8, 4) is 0 Å². The van der Waals surface area contributed by atoms with Gasteiger partial charge in [-0.3, -0.25) is 4.90 Å². The van der Waals surface area contributed by atoms with Crippen molar-refractivity contribution in [2.45, 2.75) is 25.8 Å². The highest BCUT2D eigenvalue weighted by Gasteiger charge is 2.38. The van der Waals surface area contributed by atoms with E-state index in [2.05, 4.69) is 10.2 Å². The van der Waals surface area contributed by atoms with Crippen LogP contribution in [0.5, 0.6) is 0 Å². The normalized spacial score (nSPS) is 23.1.